The van der Waals surface area contributed by atoms with Crippen LogP contribution in [0.15, 0.2) is 6.20 Å². The second-order valence-electron chi connectivity index (χ2n) is 6.51. The quantitative estimate of drug-likeness (QED) is 0.839. The number of methoxy groups -OCH3 is 1. The van der Waals surface area contributed by atoms with E-state index in [9.17, 15) is 4.79 Å². The van der Waals surface area contributed by atoms with Gasteiger partial charge in [-0.1, -0.05) is 13.8 Å². The SMILES string of the molecule is COCc1cnc(C)nc1C1CCN(C(=O)CC(C)C)CC1. The van der Waals surface area contributed by atoms with Gasteiger partial charge in [0.25, 0.3) is 0 Å². The highest BCUT2D eigenvalue weighted by atomic mass is 16.5. The minimum atomic E-state index is 0.282. The molecule has 1 aliphatic heterocycles. The molecule has 5 heteroatoms. The molecule has 1 aromatic rings. The summed E-state index contributed by atoms with van der Waals surface area (Å²) in [4.78, 5) is 23.1. The van der Waals surface area contributed by atoms with Gasteiger partial charge in [0, 0.05) is 44.3 Å². The van der Waals surface area contributed by atoms with E-state index >= 15 is 0 Å². The summed E-state index contributed by atoms with van der Waals surface area (Å²) >= 11 is 0. The van der Waals surface area contributed by atoms with E-state index in [-0.39, 0.29) is 5.91 Å². The summed E-state index contributed by atoms with van der Waals surface area (Å²) in [6, 6.07) is 0. The lowest BCUT2D eigenvalue weighted by atomic mass is 9.90. The first-order valence-corrected chi connectivity index (χ1v) is 8.10. The molecule has 1 saturated heterocycles. The van der Waals surface area contributed by atoms with Gasteiger partial charge in [-0.3, -0.25) is 4.79 Å². The third-order valence-electron chi connectivity index (χ3n) is 4.14. The Balaban J connectivity index is 2.02. The molecule has 0 saturated carbocycles. The van der Waals surface area contributed by atoms with Gasteiger partial charge in [0.05, 0.1) is 12.3 Å². The number of aromatic nitrogens is 2. The topological polar surface area (TPSA) is 55.3 Å². The number of nitrogens with zero attached hydrogens (tertiary/aromatic N) is 3. The zero-order valence-electron chi connectivity index (χ0n) is 14.1. The summed E-state index contributed by atoms with van der Waals surface area (Å²) in [6.45, 7) is 8.29. The Morgan fingerprint density at radius 3 is 2.68 bits per heavy atom. The summed E-state index contributed by atoms with van der Waals surface area (Å²) in [7, 11) is 1.69. The fourth-order valence-electron chi connectivity index (χ4n) is 3.01. The van der Waals surface area contributed by atoms with Crippen LogP contribution in [0.4, 0.5) is 0 Å². The second kappa shape index (κ2) is 7.68. The molecule has 1 fully saturated rings. The van der Waals surface area contributed by atoms with E-state index in [1.807, 2.05) is 18.0 Å². The van der Waals surface area contributed by atoms with Crippen molar-refractivity contribution in [2.75, 3.05) is 20.2 Å². The van der Waals surface area contributed by atoms with Crippen LogP contribution in [-0.4, -0.2) is 41.0 Å². The molecule has 1 aromatic heterocycles. The highest BCUT2D eigenvalue weighted by Gasteiger charge is 2.26. The maximum atomic E-state index is 12.2. The molecule has 1 aliphatic rings. The summed E-state index contributed by atoms with van der Waals surface area (Å²) in [5, 5.41) is 0. The van der Waals surface area contributed by atoms with Crippen molar-refractivity contribution < 1.29 is 9.53 Å². The number of hydrogen-bond donors (Lipinski definition) is 0. The average molecular weight is 305 g/mol. The molecule has 5 nitrogen and oxygen atoms in total. The van der Waals surface area contributed by atoms with Crippen molar-refractivity contribution in [3.8, 4) is 0 Å². The third kappa shape index (κ3) is 4.26. The van der Waals surface area contributed by atoms with Crippen LogP contribution in [0, 0.1) is 12.8 Å². The molecular weight excluding hydrogens is 278 g/mol. The first kappa shape index (κ1) is 16.9. The molecule has 0 atom stereocenters. The summed E-state index contributed by atoms with van der Waals surface area (Å²) in [5.74, 6) is 1.90. The molecule has 0 N–H and O–H groups in total. The van der Waals surface area contributed by atoms with Gasteiger partial charge >= 0.3 is 0 Å². The summed E-state index contributed by atoms with van der Waals surface area (Å²) in [6.07, 6.45) is 4.46. The van der Waals surface area contributed by atoms with E-state index in [1.165, 1.54) is 0 Å². The monoisotopic (exact) mass is 305 g/mol. The molecule has 2 rings (SSSR count). The third-order valence-corrected chi connectivity index (χ3v) is 4.14. The number of piperidine rings is 1. The molecule has 0 aliphatic carbocycles. The smallest absolute Gasteiger partial charge is 0.222 e. The number of carbonyl (C=O) groups excluding carboxylic acids is 1. The molecule has 0 unspecified atom stereocenters. The van der Waals surface area contributed by atoms with Crippen molar-refractivity contribution >= 4 is 5.91 Å². The van der Waals surface area contributed by atoms with Crippen molar-refractivity contribution in [3.05, 3.63) is 23.3 Å². The van der Waals surface area contributed by atoms with Gasteiger partial charge < -0.3 is 9.64 Å². The lowest BCUT2D eigenvalue weighted by Crippen LogP contribution is -2.38. The van der Waals surface area contributed by atoms with E-state index in [4.69, 9.17) is 4.74 Å². The largest absolute Gasteiger partial charge is 0.380 e. The van der Waals surface area contributed by atoms with E-state index in [1.54, 1.807) is 7.11 Å². The van der Waals surface area contributed by atoms with Crippen LogP contribution >= 0.6 is 0 Å². The Bertz CT molecular complexity index is 509. The number of likely N-dealkylation sites (tertiary alicyclic amines) is 1. The Hall–Kier alpha value is -1.49. The van der Waals surface area contributed by atoms with Crippen molar-refractivity contribution in [3.63, 3.8) is 0 Å². The van der Waals surface area contributed by atoms with Crippen LogP contribution < -0.4 is 0 Å². The van der Waals surface area contributed by atoms with Gasteiger partial charge in [-0.05, 0) is 25.7 Å². The Kier molecular flexibility index (Phi) is 5.89. The Morgan fingerprint density at radius 2 is 2.09 bits per heavy atom. The van der Waals surface area contributed by atoms with E-state index in [2.05, 4.69) is 23.8 Å². The lowest BCUT2D eigenvalue weighted by molar-refractivity contribution is -0.133. The van der Waals surface area contributed by atoms with Crippen molar-refractivity contribution in [2.24, 2.45) is 5.92 Å². The number of rotatable bonds is 5. The molecule has 0 bridgehead atoms. The van der Waals surface area contributed by atoms with Crippen LogP contribution in [0.1, 0.15) is 56.1 Å². The van der Waals surface area contributed by atoms with Gasteiger partial charge in [-0.2, -0.15) is 0 Å². The summed E-state index contributed by atoms with van der Waals surface area (Å²) in [5.41, 5.74) is 2.17. The van der Waals surface area contributed by atoms with Gasteiger partial charge in [-0.15, -0.1) is 0 Å². The predicted molar refractivity (Wildman–Crippen MR) is 85.5 cm³/mol. The first-order valence-electron chi connectivity index (χ1n) is 8.10. The molecule has 0 radical (unpaired) electrons. The highest BCUT2D eigenvalue weighted by Crippen LogP contribution is 2.29. The highest BCUT2D eigenvalue weighted by molar-refractivity contribution is 5.76. The molecule has 2 heterocycles. The molecule has 1 amide bonds. The zero-order valence-corrected chi connectivity index (χ0v) is 14.1. The molecular formula is C17H27N3O2. The van der Waals surface area contributed by atoms with Gasteiger partial charge in [-0.25, -0.2) is 9.97 Å². The van der Waals surface area contributed by atoms with Crippen molar-refractivity contribution in [1.29, 1.82) is 0 Å². The minimum absolute atomic E-state index is 0.282. The van der Waals surface area contributed by atoms with Crippen LogP contribution in [0.3, 0.4) is 0 Å². The number of hydrogen-bond acceptors (Lipinski definition) is 4. The van der Waals surface area contributed by atoms with Gasteiger partial charge in [0.1, 0.15) is 5.82 Å². The minimum Gasteiger partial charge on any atom is -0.380 e. The van der Waals surface area contributed by atoms with Crippen molar-refractivity contribution in [1.82, 2.24) is 14.9 Å². The molecule has 0 aromatic carbocycles. The van der Waals surface area contributed by atoms with Crippen LogP contribution in [0.2, 0.25) is 0 Å². The van der Waals surface area contributed by atoms with Crippen LogP contribution in [0.5, 0.6) is 0 Å². The standard InChI is InChI=1S/C17H27N3O2/c1-12(2)9-16(21)20-7-5-14(6-8-20)17-15(11-22-4)10-18-13(3)19-17/h10,12,14H,5-9,11H2,1-4H3. The van der Waals surface area contributed by atoms with E-state index in [0.29, 0.717) is 24.9 Å². The number of carbonyl (C=O) groups is 1. The number of aryl methyl sites for hydroxylation is 1. The molecule has 122 valence electrons. The fraction of sp³-hybridized carbons (Fsp3) is 0.706. The molecule has 22 heavy (non-hydrogen) atoms. The average Bonchev–Trinajstić information content (AvgIpc) is 2.49. The molecule has 0 spiro atoms. The maximum absolute atomic E-state index is 12.2. The van der Waals surface area contributed by atoms with E-state index in [0.717, 1.165) is 43.0 Å². The maximum Gasteiger partial charge on any atom is 0.222 e. The van der Waals surface area contributed by atoms with Gasteiger partial charge in [0.15, 0.2) is 0 Å². The van der Waals surface area contributed by atoms with E-state index < -0.39 is 0 Å². The van der Waals surface area contributed by atoms with Gasteiger partial charge in [0.2, 0.25) is 5.91 Å². The van der Waals surface area contributed by atoms with Crippen molar-refractivity contribution in [2.45, 2.75) is 52.6 Å². The van der Waals surface area contributed by atoms with Crippen LogP contribution in [-0.2, 0) is 16.1 Å². The summed E-state index contributed by atoms with van der Waals surface area (Å²) < 4.78 is 5.26. The number of amides is 1. The number of ether oxygens (including phenoxy) is 1. The van der Waals surface area contributed by atoms with Crippen LogP contribution in [0.25, 0.3) is 0 Å². The first-order chi connectivity index (χ1) is 10.5. The fourth-order valence-corrected chi connectivity index (χ4v) is 3.01. The zero-order chi connectivity index (χ0) is 16.1. The normalized spacial score (nSPS) is 16.3. The Morgan fingerprint density at radius 1 is 1.41 bits per heavy atom. The second-order valence-corrected chi connectivity index (χ2v) is 6.51. The lowest BCUT2D eigenvalue weighted by Gasteiger charge is -2.33. The predicted octanol–water partition coefficient (Wildman–Crippen LogP) is 2.68. The Labute approximate surface area is 133 Å².